The van der Waals surface area contributed by atoms with Crippen molar-refractivity contribution in [2.45, 2.75) is 6.18 Å². The summed E-state index contributed by atoms with van der Waals surface area (Å²) in [7, 11) is 1.25. The highest BCUT2D eigenvalue weighted by Gasteiger charge is 2.30. The van der Waals surface area contributed by atoms with E-state index in [4.69, 9.17) is 4.74 Å². The van der Waals surface area contributed by atoms with Gasteiger partial charge in [-0.3, -0.25) is 10.1 Å². The SMILES string of the molecule is COC(=O)Nc1nc2ccc(Oc3ccc(NC(=O)SNc4cccc(C(F)(F)F)c4)cc3)cc2[nH]1. The molecule has 0 saturated heterocycles. The van der Waals surface area contributed by atoms with Crippen LogP contribution in [0.25, 0.3) is 11.0 Å². The van der Waals surface area contributed by atoms with Crippen molar-refractivity contribution in [3.05, 3.63) is 72.3 Å². The Morgan fingerprint density at radius 2 is 1.69 bits per heavy atom. The summed E-state index contributed by atoms with van der Waals surface area (Å²) in [5.74, 6) is 1.23. The first-order chi connectivity index (χ1) is 17.2. The van der Waals surface area contributed by atoms with Crippen molar-refractivity contribution in [2.24, 2.45) is 0 Å². The highest BCUT2D eigenvalue weighted by molar-refractivity contribution is 8.15. The van der Waals surface area contributed by atoms with Gasteiger partial charge in [0.05, 0.1) is 23.7 Å². The zero-order valence-electron chi connectivity index (χ0n) is 18.5. The molecule has 0 aliphatic carbocycles. The van der Waals surface area contributed by atoms with Gasteiger partial charge in [-0.2, -0.15) is 13.2 Å². The Bertz CT molecular complexity index is 1390. The van der Waals surface area contributed by atoms with Gasteiger partial charge in [0, 0.05) is 29.4 Å². The molecule has 4 aromatic rings. The van der Waals surface area contributed by atoms with E-state index in [1.807, 2.05) is 0 Å². The number of imidazole rings is 1. The number of ether oxygens (including phenoxy) is 2. The standard InChI is InChI=1S/C23H18F3N5O4S/c1-34-21(32)30-20-28-18-10-9-17(12-19(18)29-20)35-16-7-5-14(6-8-16)27-22(33)36-31-15-4-2-3-13(11-15)23(24,25)26/h2-12,31H,1H3,(H,27,33)(H2,28,29,30,32). The molecule has 0 saturated carbocycles. The topological polar surface area (TPSA) is 117 Å². The minimum absolute atomic E-state index is 0.149. The fraction of sp³-hybridized carbons (Fsp3) is 0.0870. The molecule has 0 aliphatic rings. The van der Waals surface area contributed by atoms with Gasteiger partial charge in [-0.1, -0.05) is 6.07 Å². The van der Waals surface area contributed by atoms with E-state index in [0.717, 1.165) is 12.1 Å². The van der Waals surface area contributed by atoms with E-state index in [-0.39, 0.29) is 11.6 Å². The third-order valence-corrected chi connectivity index (χ3v) is 5.27. The average Bonchev–Trinajstić information content (AvgIpc) is 3.25. The van der Waals surface area contributed by atoms with Crippen LogP contribution in [0.1, 0.15) is 5.56 Å². The molecule has 0 atom stereocenters. The molecule has 3 aromatic carbocycles. The lowest BCUT2D eigenvalue weighted by Crippen LogP contribution is -2.11. The Labute approximate surface area is 206 Å². The number of hydrogen-bond donors (Lipinski definition) is 4. The number of aromatic amines is 1. The predicted octanol–water partition coefficient (Wildman–Crippen LogP) is 6.84. The molecule has 4 rings (SSSR count). The molecule has 2 amide bonds. The van der Waals surface area contributed by atoms with E-state index in [9.17, 15) is 22.8 Å². The third-order valence-electron chi connectivity index (χ3n) is 4.65. The van der Waals surface area contributed by atoms with Gasteiger partial charge < -0.3 is 24.5 Å². The van der Waals surface area contributed by atoms with Gasteiger partial charge in [0.2, 0.25) is 5.95 Å². The van der Waals surface area contributed by atoms with Gasteiger partial charge in [0.25, 0.3) is 0 Å². The van der Waals surface area contributed by atoms with Crippen LogP contribution in [0.3, 0.4) is 0 Å². The summed E-state index contributed by atoms with van der Waals surface area (Å²) in [4.78, 5) is 30.6. The number of fused-ring (bicyclic) bond motifs is 1. The van der Waals surface area contributed by atoms with E-state index < -0.39 is 23.1 Å². The van der Waals surface area contributed by atoms with Crippen LogP contribution in [0.4, 0.5) is 40.1 Å². The highest BCUT2D eigenvalue weighted by Crippen LogP contribution is 2.31. The maximum absolute atomic E-state index is 12.8. The Morgan fingerprint density at radius 1 is 0.944 bits per heavy atom. The Hall–Kier alpha value is -4.39. The smallest absolute Gasteiger partial charge is 0.416 e. The minimum atomic E-state index is -4.47. The first-order valence-electron chi connectivity index (χ1n) is 10.2. The number of methoxy groups -OCH3 is 1. The van der Waals surface area contributed by atoms with Crippen LogP contribution in [-0.2, 0) is 10.9 Å². The van der Waals surface area contributed by atoms with Crippen molar-refractivity contribution in [1.29, 1.82) is 0 Å². The number of amides is 2. The zero-order chi connectivity index (χ0) is 25.7. The number of carbonyl (C=O) groups excluding carboxylic acids is 2. The fourth-order valence-electron chi connectivity index (χ4n) is 3.01. The molecular weight excluding hydrogens is 499 g/mol. The third kappa shape index (κ3) is 6.39. The first kappa shape index (κ1) is 24.7. The molecule has 9 nitrogen and oxygen atoms in total. The molecule has 13 heteroatoms. The van der Waals surface area contributed by atoms with Crippen molar-refractivity contribution < 1.29 is 32.2 Å². The summed E-state index contributed by atoms with van der Waals surface area (Å²) >= 11 is 0.616. The molecule has 0 spiro atoms. The quantitative estimate of drug-likeness (QED) is 0.207. The lowest BCUT2D eigenvalue weighted by molar-refractivity contribution is -0.137. The number of rotatable bonds is 6. The molecule has 4 N–H and O–H groups in total. The molecule has 186 valence electrons. The second kappa shape index (κ2) is 10.5. The molecule has 0 fully saturated rings. The molecule has 0 radical (unpaired) electrons. The number of halogens is 3. The van der Waals surface area contributed by atoms with Crippen molar-refractivity contribution in [3.63, 3.8) is 0 Å². The number of nitrogens with zero attached hydrogens (tertiary/aromatic N) is 1. The average molecular weight is 517 g/mol. The summed E-state index contributed by atoms with van der Waals surface area (Å²) < 4.78 is 51.4. The number of benzene rings is 3. The molecule has 36 heavy (non-hydrogen) atoms. The van der Waals surface area contributed by atoms with Gasteiger partial charge in [0.15, 0.2) is 0 Å². The Morgan fingerprint density at radius 3 is 2.42 bits per heavy atom. The van der Waals surface area contributed by atoms with E-state index in [1.165, 1.54) is 19.2 Å². The first-order valence-corrected chi connectivity index (χ1v) is 11.0. The maximum atomic E-state index is 12.8. The molecule has 1 aromatic heterocycles. The monoisotopic (exact) mass is 517 g/mol. The number of hydrogen-bond acceptors (Lipinski definition) is 7. The largest absolute Gasteiger partial charge is 0.457 e. The van der Waals surface area contributed by atoms with Crippen LogP contribution < -0.4 is 20.1 Å². The highest BCUT2D eigenvalue weighted by atomic mass is 32.2. The zero-order valence-corrected chi connectivity index (χ0v) is 19.3. The van der Waals surface area contributed by atoms with Crippen LogP contribution in [0.2, 0.25) is 0 Å². The number of carbonyl (C=O) groups is 2. The Balaban J connectivity index is 1.32. The van der Waals surface area contributed by atoms with Crippen LogP contribution in [0.5, 0.6) is 11.5 Å². The summed E-state index contributed by atoms with van der Waals surface area (Å²) in [6.45, 7) is 0. The van der Waals surface area contributed by atoms with Crippen LogP contribution >= 0.6 is 11.9 Å². The van der Waals surface area contributed by atoms with Gasteiger partial charge in [-0.15, -0.1) is 0 Å². The second-order valence-corrected chi connectivity index (χ2v) is 7.98. The molecule has 0 bridgehead atoms. The molecule has 0 unspecified atom stereocenters. The lowest BCUT2D eigenvalue weighted by Gasteiger charge is -2.10. The second-order valence-electron chi connectivity index (χ2n) is 7.20. The minimum Gasteiger partial charge on any atom is -0.457 e. The predicted molar refractivity (Wildman–Crippen MR) is 130 cm³/mol. The van der Waals surface area contributed by atoms with Crippen molar-refractivity contribution in [3.8, 4) is 11.5 Å². The van der Waals surface area contributed by atoms with Gasteiger partial charge in [-0.05, 0) is 54.6 Å². The van der Waals surface area contributed by atoms with Crippen LogP contribution in [0, 0.1) is 0 Å². The van der Waals surface area contributed by atoms with E-state index in [0.29, 0.717) is 40.2 Å². The number of alkyl halides is 3. The summed E-state index contributed by atoms with van der Waals surface area (Å²) in [6.07, 6.45) is -5.12. The summed E-state index contributed by atoms with van der Waals surface area (Å²) in [5.41, 5.74) is 1.05. The molecular formula is C23H18F3N5O4S. The van der Waals surface area contributed by atoms with Crippen LogP contribution in [-0.4, -0.2) is 28.4 Å². The molecule has 0 aliphatic heterocycles. The van der Waals surface area contributed by atoms with E-state index in [2.05, 4.69) is 30.1 Å². The van der Waals surface area contributed by atoms with E-state index in [1.54, 1.807) is 42.5 Å². The summed E-state index contributed by atoms with van der Waals surface area (Å²) in [6, 6.07) is 16.2. The van der Waals surface area contributed by atoms with Crippen molar-refractivity contribution in [1.82, 2.24) is 9.97 Å². The number of nitrogens with one attached hydrogen (secondary N) is 4. The fourth-order valence-corrected chi connectivity index (χ4v) is 3.52. The van der Waals surface area contributed by atoms with Gasteiger partial charge >= 0.3 is 17.5 Å². The van der Waals surface area contributed by atoms with Crippen LogP contribution in [0.15, 0.2) is 66.7 Å². The normalized spacial score (nSPS) is 11.1. The van der Waals surface area contributed by atoms with E-state index >= 15 is 0 Å². The lowest BCUT2D eigenvalue weighted by atomic mass is 10.2. The Kier molecular flexibility index (Phi) is 7.20. The number of anilines is 3. The molecule has 1 heterocycles. The van der Waals surface area contributed by atoms with Crippen molar-refractivity contribution in [2.75, 3.05) is 22.5 Å². The van der Waals surface area contributed by atoms with Crippen molar-refractivity contribution >= 4 is 51.6 Å². The maximum Gasteiger partial charge on any atom is 0.416 e. The number of H-pyrrole nitrogens is 1. The summed E-state index contributed by atoms with van der Waals surface area (Å²) in [5, 5.41) is 4.55. The number of aromatic nitrogens is 2. The van der Waals surface area contributed by atoms with Gasteiger partial charge in [0.1, 0.15) is 11.5 Å². The van der Waals surface area contributed by atoms with Gasteiger partial charge in [-0.25, -0.2) is 9.78 Å².